The number of nitrogens with zero attached hydrogens (tertiary/aromatic N) is 1. The first-order valence-electron chi connectivity index (χ1n) is 6.10. The molecule has 94 valence electrons. The molecule has 19 heavy (non-hydrogen) atoms. The molecule has 2 N–H and O–H groups in total. The van der Waals surface area contributed by atoms with Crippen LogP contribution in [0.4, 0.5) is 0 Å². The standard InChI is InChI=1S/C16H13IN2/c17-14-5-1-3-12(10-14)16(18)13-6-7-15-11(9-13)4-2-8-19-15/h1-10,16H,18H2. The Morgan fingerprint density at radius 3 is 2.63 bits per heavy atom. The molecule has 1 heterocycles. The molecule has 0 fully saturated rings. The molecule has 0 saturated heterocycles. The van der Waals surface area contributed by atoms with E-state index in [2.05, 4.69) is 64.0 Å². The molecule has 2 nitrogen and oxygen atoms in total. The van der Waals surface area contributed by atoms with Gasteiger partial charge in [0.25, 0.3) is 0 Å². The number of halogens is 1. The van der Waals surface area contributed by atoms with Crippen LogP contribution in [0.5, 0.6) is 0 Å². The molecule has 0 aliphatic heterocycles. The molecule has 1 aromatic heterocycles. The summed E-state index contributed by atoms with van der Waals surface area (Å²) in [5.41, 5.74) is 9.60. The van der Waals surface area contributed by atoms with Crippen molar-refractivity contribution in [3.05, 3.63) is 75.5 Å². The van der Waals surface area contributed by atoms with E-state index in [1.807, 2.05) is 24.4 Å². The minimum Gasteiger partial charge on any atom is -0.320 e. The number of aromatic nitrogens is 1. The first kappa shape index (κ1) is 12.6. The third-order valence-electron chi connectivity index (χ3n) is 3.19. The Kier molecular flexibility index (Phi) is 3.48. The molecular weight excluding hydrogens is 347 g/mol. The van der Waals surface area contributed by atoms with E-state index in [1.165, 1.54) is 3.57 Å². The minimum atomic E-state index is -0.0978. The largest absolute Gasteiger partial charge is 0.320 e. The van der Waals surface area contributed by atoms with Gasteiger partial charge in [-0.15, -0.1) is 0 Å². The number of benzene rings is 2. The van der Waals surface area contributed by atoms with Gasteiger partial charge in [0.05, 0.1) is 11.6 Å². The fourth-order valence-corrected chi connectivity index (χ4v) is 2.75. The van der Waals surface area contributed by atoms with E-state index in [9.17, 15) is 0 Å². The first-order valence-corrected chi connectivity index (χ1v) is 7.17. The number of hydrogen-bond donors (Lipinski definition) is 1. The maximum absolute atomic E-state index is 6.35. The van der Waals surface area contributed by atoms with Crippen molar-refractivity contribution >= 4 is 33.5 Å². The fourth-order valence-electron chi connectivity index (χ4n) is 2.18. The molecule has 3 rings (SSSR count). The molecule has 0 radical (unpaired) electrons. The maximum Gasteiger partial charge on any atom is 0.0702 e. The van der Waals surface area contributed by atoms with Gasteiger partial charge >= 0.3 is 0 Å². The topological polar surface area (TPSA) is 38.9 Å². The summed E-state index contributed by atoms with van der Waals surface area (Å²) in [6, 6.07) is 18.4. The van der Waals surface area contributed by atoms with Crippen LogP contribution in [0.2, 0.25) is 0 Å². The summed E-state index contributed by atoms with van der Waals surface area (Å²) < 4.78 is 1.20. The highest BCUT2D eigenvalue weighted by Crippen LogP contribution is 2.23. The lowest BCUT2D eigenvalue weighted by molar-refractivity contribution is 0.872. The highest BCUT2D eigenvalue weighted by molar-refractivity contribution is 14.1. The van der Waals surface area contributed by atoms with Crippen LogP contribution in [0.25, 0.3) is 10.9 Å². The molecule has 3 aromatic rings. The summed E-state index contributed by atoms with van der Waals surface area (Å²) in [4.78, 5) is 4.33. The van der Waals surface area contributed by atoms with Crippen molar-refractivity contribution in [1.82, 2.24) is 4.98 Å². The number of nitrogens with two attached hydrogens (primary N) is 1. The van der Waals surface area contributed by atoms with Crippen LogP contribution in [-0.2, 0) is 0 Å². The van der Waals surface area contributed by atoms with Crippen LogP contribution < -0.4 is 5.73 Å². The molecule has 0 spiro atoms. The maximum atomic E-state index is 6.35. The minimum absolute atomic E-state index is 0.0978. The van der Waals surface area contributed by atoms with Crippen molar-refractivity contribution in [2.24, 2.45) is 5.73 Å². The highest BCUT2D eigenvalue weighted by atomic mass is 127. The van der Waals surface area contributed by atoms with Gasteiger partial charge in [0, 0.05) is 15.2 Å². The second-order valence-corrected chi connectivity index (χ2v) is 5.73. The molecule has 3 heteroatoms. The first-order chi connectivity index (χ1) is 9.24. The van der Waals surface area contributed by atoms with E-state index in [0.717, 1.165) is 22.0 Å². The summed E-state index contributed by atoms with van der Waals surface area (Å²) in [6.45, 7) is 0. The zero-order chi connectivity index (χ0) is 13.2. The summed E-state index contributed by atoms with van der Waals surface area (Å²) in [6.07, 6.45) is 1.81. The van der Waals surface area contributed by atoms with E-state index in [4.69, 9.17) is 5.73 Å². The van der Waals surface area contributed by atoms with Crippen molar-refractivity contribution in [2.75, 3.05) is 0 Å². The van der Waals surface area contributed by atoms with Crippen molar-refractivity contribution in [3.8, 4) is 0 Å². The Morgan fingerprint density at radius 2 is 1.79 bits per heavy atom. The van der Waals surface area contributed by atoms with Gasteiger partial charge in [-0.2, -0.15) is 0 Å². The predicted molar refractivity (Wildman–Crippen MR) is 86.9 cm³/mol. The van der Waals surface area contributed by atoms with Crippen LogP contribution in [0.15, 0.2) is 60.8 Å². The Hall–Kier alpha value is -1.46. The smallest absolute Gasteiger partial charge is 0.0702 e. The van der Waals surface area contributed by atoms with Gasteiger partial charge in [-0.1, -0.05) is 24.3 Å². The summed E-state index contributed by atoms with van der Waals surface area (Å²) in [7, 11) is 0. The molecule has 0 aliphatic rings. The van der Waals surface area contributed by atoms with Crippen LogP contribution in [0, 0.1) is 3.57 Å². The average Bonchev–Trinajstić information content (AvgIpc) is 2.46. The number of rotatable bonds is 2. The second kappa shape index (κ2) is 5.27. The third kappa shape index (κ3) is 2.62. The van der Waals surface area contributed by atoms with Crippen LogP contribution >= 0.6 is 22.6 Å². The molecule has 1 atom stereocenters. The van der Waals surface area contributed by atoms with Crippen LogP contribution in [-0.4, -0.2) is 4.98 Å². The highest BCUT2D eigenvalue weighted by Gasteiger charge is 2.09. The summed E-state index contributed by atoms with van der Waals surface area (Å²) in [5.74, 6) is 0. The van der Waals surface area contributed by atoms with Gasteiger partial charge < -0.3 is 5.73 Å². The van der Waals surface area contributed by atoms with E-state index in [1.54, 1.807) is 0 Å². The lowest BCUT2D eigenvalue weighted by Crippen LogP contribution is -2.11. The molecule has 1 unspecified atom stereocenters. The molecule has 0 aliphatic carbocycles. The summed E-state index contributed by atoms with van der Waals surface area (Å²) >= 11 is 2.31. The Bertz CT molecular complexity index is 725. The van der Waals surface area contributed by atoms with Crippen LogP contribution in [0.1, 0.15) is 17.2 Å². The van der Waals surface area contributed by atoms with Gasteiger partial charge in [-0.3, -0.25) is 4.98 Å². The van der Waals surface area contributed by atoms with Gasteiger partial charge in [-0.25, -0.2) is 0 Å². The zero-order valence-corrected chi connectivity index (χ0v) is 12.4. The Labute approximate surface area is 125 Å². The van der Waals surface area contributed by atoms with Crippen LogP contribution in [0.3, 0.4) is 0 Å². The van der Waals surface area contributed by atoms with Gasteiger partial charge in [0.1, 0.15) is 0 Å². The lowest BCUT2D eigenvalue weighted by Gasteiger charge is -2.13. The van der Waals surface area contributed by atoms with Gasteiger partial charge in [0.15, 0.2) is 0 Å². The Balaban J connectivity index is 2.04. The molecule has 0 bridgehead atoms. The van der Waals surface area contributed by atoms with E-state index >= 15 is 0 Å². The number of fused-ring (bicyclic) bond motifs is 1. The molecule has 2 aromatic carbocycles. The Morgan fingerprint density at radius 1 is 0.947 bits per heavy atom. The van der Waals surface area contributed by atoms with E-state index < -0.39 is 0 Å². The van der Waals surface area contributed by atoms with Crippen molar-refractivity contribution < 1.29 is 0 Å². The monoisotopic (exact) mass is 360 g/mol. The van der Waals surface area contributed by atoms with E-state index in [-0.39, 0.29) is 6.04 Å². The quantitative estimate of drug-likeness (QED) is 0.705. The third-order valence-corrected chi connectivity index (χ3v) is 3.86. The number of pyridine rings is 1. The normalized spacial score (nSPS) is 12.5. The zero-order valence-electron chi connectivity index (χ0n) is 10.3. The lowest BCUT2D eigenvalue weighted by atomic mass is 9.98. The molecule has 0 saturated carbocycles. The van der Waals surface area contributed by atoms with Crippen molar-refractivity contribution in [2.45, 2.75) is 6.04 Å². The number of hydrogen-bond acceptors (Lipinski definition) is 2. The predicted octanol–water partition coefficient (Wildman–Crippen LogP) is 3.89. The van der Waals surface area contributed by atoms with Gasteiger partial charge in [-0.05, 0) is 64.0 Å². The SMILES string of the molecule is NC(c1cccc(I)c1)c1ccc2ncccc2c1. The van der Waals surface area contributed by atoms with Crippen molar-refractivity contribution in [3.63, 3.8) is 0 Å². The summed E-state index contributed by atoms with van der Waals surface area (Å²) in [5, 5.41) is 1.13. The molecule has 0 amide bonds. The van der Waals surface area contributed by atoms with Crippen molar-refractivity contribution in [1.29, 1.82) is 0 Å². The fraction of sp³-hybridized carbons (Fsp3) is 0.0625. The average molecular weight is 360 g/mol. The van der Waals surface area contributed by atoms with E-state index in [0.29, 0.717) is 0 Å². The molecular formula is C16H13IN2. The van der Waals surface area contributed by atoms with Gasteiger partial charge in [0.2, 0.25) is 0 Å². The second-order valence-electron chi connectivity index (χ2n) is 4.49.